The predicted molar refractivity (Wildman–Crippen MR) is 80.9 cm³/mol. The van der Waals surface area contributed by atoms with Gasteiger partial charge in [0.2, 0.25) is 5.91 Å². The second-order valence-corrected chi connectivity index (χ2v) is 5.38. The van der Waals surface area contributed by atoms with Gasteiger partial charge in [0.25, 0.3) is 0 Å². The molecule has 0 saturated carbocycles. The van der Waals surface area contributed by atoms with Crippen molar-refractivity contribution in [3.05, 3.63) is 29.3 Å². The largest absolute Gasteiger partial charge is 0.395 e. The quantitative estimate of drug-likeness (QED) is 0.798. The summed E-state index contributed by atoms with van der Waals surface area (Å²) in [5.74, 6) is -0.00940. The number of aliphatic hydroxyl groups is 1. The topological polar surface area (TPSA) is 52.6 Å². The molecule has 0 bridgehead atoms. The van der Waals surface area contributed by atoms with Crippen LogP contribution in [0.5, 0.6) is 0 Å². The average Bonchev–Trinajstić information content (AvgIpc) is 2.86. The van der Waals surface area contributed by atoms with E-state index in [1.807, 2.05) is 11.0 Å². The van der Waals surface area contributed by atoms with Crippen LogP contribution < -0.4 is 5.32 Å². The summed E-state index contributed by atoms with van der Waals surface area (Å²) in [6.45, 7) is 3.88. The van der Waals surface area contributed by atoms with E-state index < -0.39 is 0 Å². The minimum Gasteiger partial charge on any atom is -0.395 e. The smallest absolute Gasteiger partial charge is 0.238 e. The molecular weight excluding hydrogens is 252 g/mol. The fraction of sp³-hybridized carbons (Fsp3) is 0.562. The van der Waals surface area contributed by atoms with E-state index in [1.165, 1.54) is 17.5 Å². The van der Waals surface area contributed by atoms with Crippen LogP contribution >= 0.6 is 0 Å². The minimum atomic E-state index is -0.00940. The normalized spacial score (nSPS) is 13.6. The van der Waals surface area contributed by atoms with Gasteiger partial charge in [-0.1, -0.05) is 13.0 Å². The van der Waals surface area contributed by atoms with Crippen molar-refractivity contribution in [2.75, 3.05) is 31.6 Å². The van der Waals surface area contributed by atoms with Crippen LogP contribution in [0, 0.1) is 0 Å². The highest BCUT2D eigenvalue weighted by Gasteiger charge is 2.13. The fourth-order valence-electron chi connectivity index (χ4n) is 2.78. The first-order valence-corrected chi connectivity index (χ1v) is 7.47. The van der Waals surface area contributed by atoms with Gasteiger partial charge in [-0.05, 0) is 55.5 Å². The Kier molecular flexibility index (Phi) is 5.56. The van der Waals surface area contributed by atoms with Crippen LogP contribution in [0.3, 0.4) is 0 Å². The van der Waals surface area contributed by atoms with Crippen molar-refractivity contribution >= 4 is 11.6 Å². The highest BCUT2D eigenvalue weighted by atomic mass is 16.3. The molecule has 1 aromatic carbocycles. The minimum absolute atomic E-state index is 0.00940. The molecule has 0 fully saturated rings. The molecule has 0 aliphatic heterocycles. The van der Waals surface area contributed by atoms with E-state index in [1.54, 1.807) is 0 Å². The van der Waals surface area contributed by atoms with Gasteiger partial charge in [-0.25, -0.2) is 0 Å². The molecule has 2 N–H and O–H groups in total. The number of carbonyl (C=O) groups is 1. The summed E-state index contributed by atoms with van der Waals surface area (Å²) < 4.78 is 0. The van der Waals surface area contributed by atoms with Crippen molar-refractivity contribution in [2.45, 2.75) is 32.6 Å². The van der Waals surface area contributed by atoms with Crippen LogP contribution in [0.2, 0.25) is 0 Å². The van der Waals surface area contributed by atoms with Crippen molar-refractivity contribution in [1.29, 1.82) is 0 Å². The Balaban J connectivity index is 1.90. The lowest BCUT2D eigenvalue weighted by Crippen LogP contribution is -2.35. The molecule has 0 heterocycles. The third-order valence-corrected chi connectivity index (χ3v) is 3.71. The van der Waals surface area contributed by atoms with Gasteiger partial charge >= 0.3 is 0 Å². The van der Waals surface area contributed by atoms with Gasteiger partial charge in [-0.3, -0.25) is 9.69 Å². The Morgan fingerprint density at radius 2 is 2.10 bits per heavy atom. The number of aryl methyl sites for hydroxylation is 2. The molecule has 20 heavy (non-hydrogen) atoms. The second-order valence-electron chi connectivity index (χ2n) is 5.38. The molecular formula is C16H24N2O2. The summed E-state index contributed by atoms with van der Waals surface area (Å²) in [6, 6.07) is 6.20. The number of rotatable bonds is 7. The van der Waals surface area contributed by atoms with Gasteiger partial charge in [-0.2, -0.15) is 0 Å². The van der Waals surface area contributed by atoms with Crippen LogP contribution in [0.15, 0.2) is 18.2 Å². The first-order valence-electron chi connectivity index (χ1n) is 7.47. The van der Waals surface area contributed by atoms with Crippen molar-refractivity contribution < 1.29 is 9.90 Å². The summed E-state index contributed by atoms with van der Waals surface area (Å²) in [5.41, 5.74) is 3.66. The summed E-state index contributed by atoms with van der Waals surface area (Å²) >= 11 is 0. The van der Waals surface area contributed by atoms with Crippen molar-refractivity contribution in [1.82, 2.24) is 4.90 Å². The lowest BCUT2D eigenvalue weighted by molar-refractivity contribution is -0.117. The number of aliphatic hydroxyl groups excluding tert-OH is 1. The number of benzene rings is 1. The van der Waals surface area contributed by atoms with E-state index >= 15 is 0 Å². The van der Waals surface area contributed by atoms with Gasteiger partial charge in [0.15, 0.2) is 0 Å². The number of fused-ring (bicyclic) bond motifs is 1. The van der Waals surface area contributed by atoms with Crippen LogP contribution in [0.4, 0.5) is 5.69 Å². The van der Waals surface area contributed by atoms with Crippen LogP contribution in [0.1, 0.15) is 30.9 Å². The van der Waals surface area contributed by atoms with Gasteiger partial charge in [-0.15, -0.1) is 0 Å². The molecule has 1 aliphatic rings. The van der Waals surface area contributed by atoms with Gasteiger partial charge in [0.05, 0.1) is 13.2 Å². The third kappa shape index (κ3) is 4.05. The molecule has 1 amide bonds. The average molecular weight is 276 g/mol. The van der Waals surface area contributed by atoms with Gasteiger partial charge < -0.3 is 10.4 Å². The van der Waals surface area contributed by atoms with E-state index in [0.717, 1.165) is 31.5 Å². The van der Waals surface area contributed by atoms with E-state index in [2.05, 4.69) is 24.4 Å². The molecule has 4 heteroatoms. The van der Waals surface area contributed by atoms with Crippen molar-refractivity contribution in [3.63, 3.8) is 0 Å². The number of nitrogens with zero attached hydrogens (tertiary/aromatic N) is 1. The Morgan fingerprint density at radius 3 is 2.85 bits per heavy atom. The SMILES string of the molecule is CCCN(CCO)CC(=O)Nc1ccc2c(c1)CCC2. The summed E-state index contributed by atoms with van der Waals surface area (Å²) in [7, 11) is 0. The highest BCUT2D eigenvalue weighted by Crippen LogP contribution is 2.24. The molecule has 0 unspecified atom stereocenters. The molecule has 2 rings (SSSR count). The maximum Gasteiger partial charge on any atom is 0.238 e. The molecule has 110 valence electrons. The molecule has 1 aliphatic carbocycles. The number of nitrogens with one attached hydrogen (secondary N) is 1. The van der Waals surface area contributed by atoms with E-state index in [9.17, 15) is 4.79 Å². The fourth-order valence-corrected chi connectivity index (χ4v) is 2.78. The standard InChI is InChI=1S/C16H24N2O2/c1-2-8-18(9-10-19)12-16(20)17-15-7-6-13-4-3-5-14(13)11-15/h6-7,11,19H,2-5,8-10,12H2,1H3,(H,17,20). The van der Waals surface area contributed by atoms with Gasteiger partial charge in [0.1, 0.15) is 0 Å². The highest BCUT2D eigenvalue weighted by molar-refractivity contribution is 5.92. The maximum absolute atomic E-state index is 12.0. The number of carbonyl (C=O) groups excluding carboxylic acids is 1. The zero-order valence-corrected chi connectivity index (χ0v) is 12.2. The molecule has 0 spiro atoms. The Morgan fingerprint density at radius 1 is 1.30 bits per heavy atom. The van der Waals surface area contributed by atoms with Crippen LogP contribution in [-0.4, -0.2) is 42.2 Å². The van der Waals surface area contributed by atoms with E-state index in [4.69, 9.17) is 5.11 Å². The van der Waals surface area contributed by atoms with Crippen LogP contribution in [-0.2, 0) is 17.6 Å². The molecule has 0 atom stereocenters. The third-order valence-electron chi connectivity index (χ3n) is 3.71. The zero-order chi connectivity index (χ0) is 14.4. The molecule has 0 radical (unpaired) electrons. The lowest BCUT2D eigenvalue weighted by atomic mass is 10.1. The molecule has 0 aromatic heterocycles. The van der Waals surface area contributed by atoms with Gasteiger partial charge in [0, 0.05) is 12.2 Å². The summed E-state index contributed by atoms with van der Waals surface area (Å²) in [4.78, 5) is 14.0. The van der Waals surface area contributed by atoms with Crippen LogP contribution in [0.25, 0.3) is 0 Å². The lowest BCUT2D eigenvalue weighted by Gasteiger charge is -2.19. The Hall–Kier alpha value is -1.39. The molecule has 4 nitrogen and oxygen atoms in total. The summed E-state index contributed by atoms with van der Waals surface area (Å²) in [6.07, 6.45) is 4.47. The Labute approximate surface area is 120 Å². The monoisotopic (exact) mass is 276 g/mol. The van der Waals surface area contributed by atoms with Crippen molar-refractivity contribution in [2.24, 2.45) is 0 Å². The first-order chi connectivity index (χ1) is 9.72. The van der Waals surface area contributed by atoms with Crippen molar-refractivity contribution in [3.8, 4) is 0 Å². The van der Waals surface area contributed by atoms with E-state index in [-0.39, 0.29) is 12.5 Å². The number of amides is 1. The second kappa shape index (κ2) is 7.41. The van der Waals surface area contributed by atoms with E-state index in [0.29, 0.717) is 13.1 Å². The predicted octanol–water partition coefficient (Wildman–Crippen LogP) is 1.82. The molecule has 1 aromatic rings. The zero-order valence-electron chi connectivity index (χ0n) is 12.2. The maximum atomic E-state index is 12.0. The number of hydrogen-bond acceptors (Lipinski definition) is 3. The molecule has 0 saturated heterocycles. The first kappa shape index (κ1) is 15.0. The summed E-state index contributed by atoms with van der Waals surface area (Å²) in [5, 5.41) is 12.0. The number of anilines is 1. The number of hydrogen-bond donors (Lipinski definition) is 2. The Bertz CT molecular complexity index is 454.